The van der Waals surface area contributed by atoms with Crippen LogP contribution in [0.25, 0.3) is 0 Å². The summed E-state index contributed by atoms with van der Waals surface area (Å²) in [6, 6.07) is 0.644. The van der Waals surface area contributed by atoms with Crippen LogP contribution in [0.4, 0.5) is 0 Å². The minimum atomic E-state index is 0. The van der Waals surface area contributed by atoms with Crippen LogP contribution in [0.2, 0.25) is 0 Å². The molecule has 7 heteroatoms. The summed E-state index contributed by atoms with van der Waals surface area (Å²) in [6.45, 7) is 13.0. The Labute approximate surface area is 174 Å². The molecule has 2 rings (SSSR count). The minimum absolute atomic E-state index is 0. The second-order valence-electron chi connectivity index (χ2n) is 7.58. The van der Waals surface area contributed by atoms with E-state index in [1.165, 1.54) is 19.4 Å². The van der Waals surface area contributed by atoms with Crippen LogP contribution in [-0.4, -0.2) is 60.5 Å². The van der Waals surface area contributed by atoms with Crippen molar-refractivity contribution in [1.82, 2.24) is 20.1 Å². The first-order valence-electron chi connectivity index (χ1n) is 8.95. The number of hydrogen-bond donors (Lipinski definition) is 1. The number of rotatable bonds is 5. The lowest BCUT2D eigenvalue weighted by atomic mass is 9.93. The molecule has 1 saturated heterocycles. The van der Waals surface area contributed by atoms with Crippen molar-refractivity contribution in [3.05, 3.63) is 16.1 Å². The molecule has 25 heavy (non-hydrogen) atoms. The van der Waals surface area contributed by atoms with Gasteiger partial charge in [0.25, 0.3) is 0 Å². The number of likely N-dealkylation sites (tertiary alicyclic amines) is 1. The van der Waals surface area contributed by atoms with Crippen molar-refractivity contribution in [2.24, 2.45) is 4.99 Å². The molecule has 1 aromatic heterocycles. The normalized spacial score (nSPS) is 19.0. The fraction of sp³-hybridized carbons (Fsp3) is 0.778. The van der Waals surface area contributed by atoms with E-state index in [1.54, 1.807) is 11.3 Å². The van der Waals surface area contributed by atoms with Gasteiger partial charge in [-0.3, -0.25) is 9.89 Å². The summed E-state index contributed by atoms with van der Waals surface area (Å²) in [6.07, 6.45) is 2.60. The zero-order chi connectivity index (χ0) is 17.7. The predicted octanol–water partition coefficient (Wildman–Crippen LogP) is 3.55. The summed E-state index contributed by atoms with van der Waals surface area (Å²) < 4.78 is 0. The number of nitrogens with one attached hydrogen (secondary N) is 1. The monoisotopic (exact) mass is 479 g/mol. The smallest absolute Gasteiger partial charge is 0.193 e. The Morgan fingerprint density at radius 1 is 1.48 bits per heavy atom. The van der Waals surface area contributed by atoms with Gasteiger partial charge in [0.2, 0.25) is 0 Å². The lowest BCUT2D eigenvalue weighted by molar-refractivity contribution is 0.232. The highest BCUT2D eigenvalue weighted by Crippen LogP contribution is 2.23. The molecule has 1 fully saturated rings. The van der Waals surface area contributed by atoms with Crippen LogP contribution in [0.1, 0.15) is 51.2 Å². The van der Waals surface area contributed by atoms with E-state index in [-0.39, 0.29) is 29.4 Å². The topological polar surface area (TPSA) is 43.8 Å². The number of guanidine groups is 1. The third-order valence-corrected chi connectivity index (χ3v) is 5.53. The summed E-state index contributed by atoms with van der Waals surface area (Å²) in [5.41, 5.74) is 1.27. The second kappa shape index (κ2) is 10.1. The first-order valence-corrected chi connectivity index (χ1v) is 9.83. The summed E-state index contributed by atoms with van der Waals surface area (Å²) in [5.74, 6) is 0.950. The average Bonchev–Trinajstić information content (AvgIpc) is 3.16. The van der Waals surface area contributed by atoms with Gasteiger partial charge in [-0.2, -0.15) is 0 Å². The van der Waals surface area contributed by atoms with Gasteiger partial charge >= 0.3 is 0 Å². The van der Waals surface area contributed by atoms with Gasteiger partial charge in [0.15, 0.2) is 5.96 Å². The zero-order valence-corrected chi connectivity index (χ0v) is 19.6. The van der Waals surface area contributed by atoms with E-state index in [1.807, 2.05) is 7.05 Å². The van der Waals surface area contributed by atoms with E-state index >= 15 is 0 Å². The molecule has 0 amide bonds. The minimum Gasteiger partial charge on any atom is -0.350 e. The number of likely N-dealkylation sites (N-methyl/N-ethyl adjacent to an activating group) is 2. The van der Waals surface area contributed by atoms with Crippen LogP contribution < -0.4 is 5.32 Å². The quantitative estimate of drug-likeness (QED) is 0.399. The van der Waals surface area contributed by atoms with E-state index in [0.717, 1.165) is 36.3 Å². The Morgan fingerprint density at radius 3 is 2.76 bits per heavy atom. The van der Waals surface area contributed by atoms with Crippen LogP contribution in [0, 0.1) is 0 Å². The average molecular weight is 479 g/mol. The molecule has 1 atom stereocenters. The van der Waals surface area contributed by atoms with Crippen molar-refractivity contribution in [1.29, 1.82) is 0 Å². The number of hydrogen-bond acceptors (Lipinski definition) is 4. The Morgan fingerprint density at radius 2 is 2.20 bits per heavy atom. The van der Waals surface area contributed by atoms with Crippen LogP contribution in [0.5, 0.6) is 0 Å². The maximum absolute atomic E-state index is 4.75. The van der Waals surface area contributed by atoms with Gasteiger partial charge in [-0.1, -0.05) is 27.7 Å². The summed E-state index contributed by atoms with van der Waals surface area (Å²) in [5, 5.41) is 6.75. The van der Waals surface area contributed by atoms with Gasteiger partial charge in [0.1, 0.15) is 5.01 Å². The molecule has 1 N–H and O–H groups in total. The Hall–Kier alpha value is -0.410. The molecule has 0 spiro atoms. The van der Waals surface area contributed by atoms with Gasteiger partial charge in [-0.25, -0.2) is 4.98 Å². The van der Waals surface area contributed by atoms with Crippen molar-refractivity contribution in [3.8, 4) is 0 Å². The molecule has 5 nitrogen and oxygen atoms in total. The van der Waals surface area contributed by atoms with E-state index in [2.05, 4.69) is 60.2 Å². The number of halogens is 1. The highest BCUT2D eigenvalue weighted by atomic mass is 127. The Bertz CT molecular complexity index is 552. The third kappa shape index (κ3) is 6.36. The lowest BCUT2D eigenvalue weighted by Crippen LogP contribution is -2.45. The van der Waals surface area contributed by atoms with E-state index < -0.39 is 0 Å². The molecule has 2 heterocycles. The van der Waals surface area contributed by atoms with Crippen molar-refractivity contribution >= 4 is 41.3 Å². The predicted molar refractivity (Wildman–Crippen MR) is 119 cm³/mol. The highest BCUT2D eigenvalue weighted by Gasteiger charge is 2.25. The molecule has 0 aromatic carbocycles. The highest BCUT2D eigenvalue weighted by molar-refractivity contribution is 14.0. The molecule has 1 aliphatic heterocycles. The molecule has 0 bridgehead atoms. The Balaban J connectivity index is 0.00000312. The maximum Gasteiger partial charge on any atom is 0.193 e. The number of aliphatic imine (C=N–C) groups is 1. The largest absolute Gasteiger partial charge is 0.350 e. The van der Waals surface area contributed by atoms with Gasteiger partial charge < -0.3 is 10.2 Å². The first kappa shape index (κ1) is 22.6. The molecule has 1 aromatic rings. The molecular weight excluding hydrogens is 445 g/mol. The van der Waals surface area contributed by atoms with Crippen molar-refractivity contribution < 1.29 is 0 Å². The fourth-order valence-electron chi connectivity index (χ4n) is 3.20. The molecule has 1 unspecified atom stereocenters. The molecule has 1 aliphatic rings. The van der Waals surface area contributed by atoms with Gasteiger partial charge in [0, 0.05) is 37.5 Å². The van der Waals surface area contributed by atoms with E-state index in [4.69, 9.17) is 4.98 Å². The SMILES string of the molecule is CCN1CCCC1CN(C)C(=NC)NCc1nc(C(C)(C)C)cs1.I. The zero-order valence-electron chi connectivity index (χ0n) is 16.5. The molecular formula is C18H34IN5S. The van der Waals surface area contributed by atoms with E-state index in [9.17, 15) is 0 Å². The van der Waals surface area contributed by atoms with Crippen molar-refractivity contribution in [2.75, 3.05) is 33.7 Å². The Kier molecular flexibility index (Phi) is 9.11. The molecule has 0 saturated carbocycles. The standard InChI is InChI=1S/C18H33N5S.HI/c1-7-23-10-8-9-14(23)12-22(6)17(19-5)20-11-16-21-15(13-24-16)18(2,3)4;/h13-14H,7-12H2,1-6H3,(H,19,20);1H. The maximum atomic E-state index is 4.75. The first-order chi connectivity index (χ1) is 11.3. The number of thiazole rings is 1. The van der Waals surface area contributed by atoms with Crippen LogP contribution in [0.3, 0.4) is 0 Å². The van der Waals surface area contributed by atoms with E-state index in [0.29, 0.717) is 6.04 Å². The van der Waals surface area contributed by atoms with Crippen LogP contribution >= 0.6 is 35.3 Å². The number of nitrogens with zero attached hydrogens (tertiary/aromatic N) is 4. The summed E-state index contributed by atoms with van der Waals surface area (Å²) in [7, 11) is 3.98. The number of aromatic nitrogens is 1. The van der Waals surface area contributed by atoms with Crippen LogP contribution in [0.15, 0.2) is 10.4 Å². The molecule has 0 radical (unpaired) electrons. The lowest BCUT2D eigenvalue weighted by Gasteiger charge is -2.29. The summed E-state index contributed by atoms with van der Waals surface area (Å²) in [4.78, 5) is 14.0. The molecule has 0 aliphatic carbocycles. The van der Waals surface area contributed by atoms with Gasteiger partial charge in [-0.15, -0.1) is 35.3 Å². The van der Waals surface area contributed by atoms with Gasteiger partial charge in [0.05, 0.1) is 12.2 Å². The summed E-state index contributed by atoms with van der Waals surface area (Å²) >= 11 is 1.72. The van der Waals surface area contributed by atoms with Crippen LogP contribution in [-0.2, 0) is 12.0 Å². The van der Waals surface area contributed by atoms with Crippen molar-refractivity contribution in [2.45, 2.75) is 58.5 Å². The second-order valence-corrected chi connectivity index (χ2v) is 8.53. The van der Waals surface area contributed by atoms with Crippen molar-refractivity contribution in [3.63, 3.8) is 0 Å². The fourth-order valence-corrected chi connectivity index (χ4v) is 4.16. The van der Waals surface area contributed by atoms with Gasteiger partial charge in [-0.05, 0) is 25.9 Å². The molecule has 144 valence electrons. The third-order valence-electron chi connectivity index (χ3n) is 4.68.